The molecule has 1 amide bonds. The molecule has 1 aliphatic rings. The highest BCUT2D eigenvalue weighted by Gasteiger charge is 2.17. The van der Waals surface area contributed by atoms with Gasteiger partial charge in [0, 0.05) is 12.0 Å². The quantitative estimate of drug-likeness (QED) is 0.772. The van der Waals surface area contributed by atoms with Crippen LogP contribution in [0.1, 0.15) is 42.2 Å². The minimum absolute atomic E-state index is 0.0758. The molecule has 0 unspecified atom stereocenters. The van der Waals surface area contributed by atoms with Crippen LogP contribution in [0.25, 0.3) is 0 Å². The van der Waals surface area contributed by atoms with Crippen LogP contribution >= 0.6 is 0 Å². The minimum atomic E-state index is -0.233. The Kier molecular flexibility index (Phi) is 5.41. The predicted octanol–water partition coefficient (Wildman–Crippen LogP) is 3.26. The normalized spacial score (nSPS) is 13.2. The van der Waals surface area contributed by atoms with Crippen LogP contribution in [-0.2, 0) is 4.79 Å². The molecule has 0 aliphatic carbocycles. The lowest BCUT2D eigenvalue weighted by Crippen LogP contribution is -2.31. The summed E-state index contributed by atoms with van der Waals surface area (Å²) < 4.78 is 16.1. The summed E-state index contributed by atoms with van der Waals surface area (Å²) in [7, 11) is 0. The van der Waals surface area contributed by atoms with E-state index in [4.69, 9.17) is 14.2 Å². The highest BCUT2D eigenvalue weighted by atomic mass is 16.7. The molecule has 26 heavy (non-hydrogen) atoms. The molecule has 1 atom stereocenters. The number of Topliss-reactive ketones (excluding diaryl/α,β-unsaturated/α-hetero) is 1. The van der Waals surface area contributed by atoms with Crippen LogP contribution in [0.15, 0.2) is 42.5 Å². The van der Waals surface area contributed by atoms with E-state index in [9.17, 15) is 9.59 Å². The van der Waals surface area contributed by atoms with Gasteiger partial charge in [-0.25, -0.2) is 0 Å². The molecule has 0 bridgehead atoms. The van der Waals surface area contributed by atoms with Crippen molar-refractivity contribution >= 4 is 11.7 Å². The van der Waals surface area contributed by atoms with E-state index in [-0.39, 0.29) is 31.1 Å². The largest absolute Gasteiger partial charge is 0.484 e. The maximum absolute atomic E-state index is 12.1. The smallest absolute Gasteiger partial charge is 0.258 e. The second-order valence-corrected chi connectivity index (χ2v) is 5.99. The fraction of sp³-hybridized carbons (Fsp3) is 0.300. The first kappa shape index (κ1) is 17.8. The molecule has 0 fully saturated rings. The van der Waals surface area contributed by atoms with Gasteiger partial charge in [0.05, 0.1) is 6.04 Å². The van der Waals surface area contributed by atoms with Gasteiger partial charge in [0.25, 0.3) is 5.91 Å². The lowest BCUT2D eigenvalue weighted by atomic mass is 10.1. The van der Waals surface area contributed by atoms with E-state index in [1.807, 2.05) is 32.0 Å². The van der Waals surface area contributed by atoms with Gasteiger partial charge in [0.1, 0.15) is 5.75 Å². The fourth-order valence-corrected chi connectivity index (χ4v) is 2.64. The summed E-state index contributed by atoms with van der Waals surface area (Å²) in [6, 6.07) is 12.2. The van der Waals surface area contributed by atoms with Gasteiger partial charge in [-0.1, -0.05) is 13.0 Å². The van der Waals surface area contributed by atoms with E-state index in [1.165, 1.54) is 0 Å². The Morgan fingerprint density at radius 2 is 1.85 bits per heavy atom. The third-order valence-corrected chi connectivity index (χ3v) is 4.14. The summed E-state index contributed by atoms with van der Waals surface area (Å²) >= 11 is 0. The Morgan fingerprint density at radius 1 is 1.12 bits per heavy atom. The molecular weight excluding hydrogens is 334 g/mol. The Labute approximate surface area is 152 Å². The molecule has 0 saturated heterocycles. The molecule has 0 radical (unpaired) electrons. The molecule has 1 aliphatic heterocycles. The molecule has 1 N–H and O–H groups in total. The van der Waals surface area contributed by atoms with E-state index >= 15 is 0 Å². The van der Waals surface area contributed by atoms with Crippen molar-refractivity contribution in [2.45, 2.75) is 26.3 Å². The maximum atomic E-state index is 12.1. The van der Waals surface area contributed by atoms with Gasteiger partial charge in [-0.3, -0.25) is 9.59 Å². The molecule has 2 aromatic rings. The standard InChI is InChI=1S/C20H21NO5/c1-3-17(22)14-4-7-16(8-5-14)24-11-20(23)21-13(2)15-6-9-18-19(10-15)26-12-25-18/h4-10,13H,3,11-12H2,1-2H3,(H,21,23)/t13-/m1/s1. The molecular formula is C20H21NO5. The Bertz CT molecular complexity index is 800. The molecule has 0 aromatic heterocycles. The van der Waals surface area contributed by atoms with Crippen molar-refractivity contribution in [1.29, 1.82) is 0 Å². The van der Waals surface area contributed by atoms with Crippen LogP contribution in [0, 0.1) is 0 Å². The lowest BCUT2D eigenvalue weighted by Gasteiger charge is -2.15. The van der Waals surface area contributed by atoms with Crippen molar-refractivity contribution in [3.63, 3.8) is 0 Å². The maximum Gasteiger partial charge on any atom is 0.258 e. The van der Waals surface area contributed by atoms with Crippen LogP contribution in [-0.4, -0.2) is 25.1 Å². The number of rotatable bonds is 7. The highest BCUT2D eigenvalue weighted by Crippen LogP contribution is 2.34. The number of benzene rings is 2. The van der Waals surface area contributed by atoms with Crippen LogP contribution < -0.4 is 19.5 Å². The topological polar surface area (TPSA) is 73.9 Å². The number of carbonyl (C=O) groups excluding carboxylic acids is 2. The molecule has 2 aromatic carbocycles. The second-order valence-electron chi connectivity index (χ2n) is 5.99. The second kappa shape index (κ2) is 7.91. The zero-order chi connectivity index (χ0) is 18.5. The first-order chi connectivity index (χ1) is 12.6. The number of ether oxygens (including phenoxy) is 3. The summed E-state index contributed by atoms with van der Waals surface area (Å²) in [5.41, 5.74) is 1.56. The number of amides is 1. The van der Waals surface area contributed by atoms with Crippen molar-refractivity contribution in [3.05, 3.63) is 53.6 Å². The number of carbonyl (C=O) groups is 2. The number of ketones is 1. The van der Waals surface area contributed by atoms with Gasteiger partial charge in [0.2, 0.25) is 6.79 Å². The van der Waals surface area contributed by atoms with Crippen LogP contribution in [0.3, 0.4) is 0 Å². The van der Waals surface area contributed by atoms with E-state index in [1.54, 1.807) is 24.3 Å². The van der Waals surface area contributed by atoms with Gasteiger partial charge < -0.3 is 19.5 Å². The number of hydrogen-bond acceptors (Lipinski definition) is 5. The molecule has 6 nitrogen and oxygen atoms in total. The van der Waals surface area contributed by atoms with Crippen molar-refractivity contribution < 1.29 is 23.8 Å². The van der Waals surface area contributed by atoms with Gasteiger partial charge in [-0.05, 0) is 48.9 Å². The molecule has 136 valence electrons. The average molecular weight is 355 g/mol. The molecule has 6 heteroatoms. The van der Waals surface area contributed by atoms with Crippen LogP contribution in [0.5, 0.6) is 17.2 Å². The first-order valence-electron chi connectivity index (χ1n) is 8.51. The number of fused-ring (bicyclic) bond motifs is 1. The van der Waals surface area contributed by atoms with Crippen molar-refractivity contribution in [2.75, 3.05) is 13.4 Å². The van der Waals surface area contributed by atoms with E-state index in [0.29, 0.717) is 29.2 Å². The summed E-state index contributed by atoms with van der Waals surface area (Å²) in [4.78, 5) is 23.7. The lowest BCUT2D eigenvalue weighted by molar-refractivity contribution is -0.123. The Morgan fingerprint density at radius 3 is 2.58 bits per heavy atom. The van der Waals surface area contributed by atoms with Crippen molar-refractivity contribution in [2.24, 2.45) is 0 Å². The zero-order valence-corrected chi connectivity index (χ0v) is 14.8. The van der Waals surface area contributed by atoms with E-state index in [0.717, 1.165) is 5.56 Å². The number of hydrogen-bond donors (Lipinski definition) is 1. The average Bonchev–Trinajstić information content (AvgIpc) is 3.14. The van der Waals surface area contributed by atoms with Crippen LogP contribution in [0.2, 0.25) is 0 Å². The Hall–Kier alpha value is -3.02. The fourth-order valence-electron chi connectivity index (χ4n) is 2.64. The summed E-state index contributed by atoms with van der Waals surface area (Å²) in [6.07, 6.45) is 0.459. The third kappa shape index (κ3) is 4.14. The summed E-state index contributed by atoms with van der Waals surface area (Å²) in [5.74, 6) is 1.78. The first-order valence-corrected chi connectivity index (χ1v) is 8.51. The molecule has 1 heterocycles. The number of nitrogens with one attached hydrogen (secondary N) is 1. The Balaban J connectivity index is 1.51. The van der Waals surface area contributed by atoms with Crippen molar-refractivity contribution in [1.82, 2.24) is 5.32 Å². The van der Waals surface area contributed by atoms with Crippen molar-refractivity contribution in [3.8, 4) is 17.2 Å². The molecule has 0 saturated carbocycles. The summed E-state index contributed by atoms with van der Waals surface area (Å²) in [5, 5.41) is 2.88. The van der Waals surface area contributed by atoms with Crippen LogP contribution in [0.4, 0.5) is 0 Å². The summed E-state index contributed by atoms with van der Waals surface area (Å²) in [6.45, 7) is 3.82. The third-order valence-electron chi connectivity index (χ3n) is 4.14. The van der Waals surface area contributed by atoms with Gasteiger partial charge >= 0.3 is 0 Å². The highest BCUT2D eigenvalue weighted by molar-refractivity contribution is 5.95. The minimum Gasteiger partial charge on any atom is -0.484 e. The van der Waals surface area contributed by atoms with Gasteiger partial charge in [-0.15, -0.1) is 0 Å². The van der Waals surface area contributed by atoms with Gasteiger partial charge in [-0.2, -0.15) is 0 Å². The van der Waals surface area contributed by atoms with E-state index < -0.39 is 0 Å². The zero-order valence-electron chi connectivity index (χ0n) is 14.8. The van der Waals surface area contributed by atoms with E-state index in [2.05, 4.69) is 5.32 Å². The van der Waals surface area contributed by atoms with Gasteiger partial charge in [0.15, 0.2) is 23.9 Å². The monoisotopic (exact) mass is 355 g/mol. The predicted molar refractivity (Wildman–Crippen MR) is 95.7 cm³/mol. The molecule has 0 spiro atoms. The SMILES string of the molecule is CCC(=O)c1ccc(OCC(=O)N[C@H](C)c2ccc3c(c2)OCO3)cc1. The molecule has 3 rings (SSSR count).